The van der Waals surface area contributed by atoms with Gasteiger partial charge in [-0.25, -0.2) is 0 Å². The number of rotatable bonds is 0. The smallest absolute Gasteiger partial charge is 0.233 e. The number of halogens is 1. The van der Waals surface area contributed by atoms with Crippen molar-refractivity contribution in [1.29, 1.82) is 0 Å². The van der Waals surface area contributed by atoms with Crippen LogP contribution in [-0.4, -0.2) is 9.36 Å². The molecule has 0 saturated carbocycles. The van der Waals surface area contributed by atoms with Crippen LogP contribution >= 0.6 is 23.1 Å². The molecule has 1 heterocycles. The molecule has 0 aromatic carbocycles. The van der Waals surface area contributed by atoms with E-state index in [-0.39, 0.29) is 5.95 Å². The second kappa shape index (κ2) is 1.63. The maximum atomic E-state index is 5.33. The Morgan fingerprint density at radius 1 is 1.71 bits per heavy atom. The summed E-state index contributed by atoms with van der Waals surface area (Å²) in [6, 6.07) is 0. The van der Waals surface area contributed by atoms with Gasteiger partial charge in [-0.2, -0.15) is 9.36 Å². The first kappa shape index (κ1) is 4.80. The van der Waals surface area contributed by atoms with Crippen molar-refractivity contribution in [3.8, 4) is 0 Å². The molecule has 2 N–H and O–H groups in total. The minimum atomic E-state index is 0.245. The van der Waals surface area contributed by atoms with Crippen molar-refractivity contribution >= 4 is 29.1 Å². The summed E-state index contributed by atoms with van der Waals surface area (Å²) >= 11 is 6.41. The Labute approximate surface area is 49.3 Å². The van der Waals surface area contributed by atoms with Crippen LogP contribution in [0.1, 0.15) is 0 Å². The van der Waals surface area contributed by atoms with Gasteiger partial charge >= 0.3 is 0 Å². The molecular formula is C2H2ClN3S. The number of nitrogens with zero attached hydrogens (tertiary/aromatic N) is 2. The highest BCUT2D eigenvalue weighted by Gasteiger charge is 1.91. The van der Waals surface area contributed by atoms with Crippen LogP contribution in [0.5, 0.6) is 0 Å². The number of aromatic nitrogens is 2. The Hall–Kier alpha value is -0.350. The predicted octanol–water partition coefficient (Wildman–Crippen LogP) is 0.774. The molecular weight excluding hydrogens is 134 g/mol. The van der Waals surface area contributed by atoms with E-state index in [1.54, 1.807) is 0 Å². The topological polar surface area (TPSA) is 51.8 Å². The first-order valence-corrected chi connectivity index (χ1v) is 2.69. The Morgan fingerprint density at radius 3 is 2.57 bits per heavy atom. The number of nitrogen functional groups attached to an aromatic ring is 1. The van der Waals surface area contributed by atoms with Gasteiger partial charge in [-0.3, -0.25) is 0 Å². The zero-order chi connectivity index (χ0) is 5.28. The van der Waals surface area contributed by atoms with E-state index in [1.165, 1.54) is 0 Å². The second-order valence-electron chi connectivity index (χ2n) is 0.906. The third-order valence-electron chi connectivity index (χ3n) is 0.417. The minimum Gasteiger partial charge on any atom is -0.367 e. The maximum absolute atomic E-state index is 5.33. The molecule has 0 aliphatic rings. The molecule has 1 aromatic rings. The fraction of sp³-hybridized carbons (Fsp3) is 0. The van der Waals surface area contributed by atoms with Crippen LogP contribution in [0.3, 0.4) is 0 Å². The van der Waals surface area contributed by atoms with E-state index in [1.807, 2.05) is 0 Å². The number of nitrogens with two attached hydrogens (primary N) is 1. The molecule has 0 spiro atoms. The predicted molar refractivity (Wildman–Crippen MR) is 29.3 cm³/mol. The average Bonchev–Trinajstić information content (AvgIpc) is 1.87. The van der Waals surface area contributed by atoms with Crippen LogP contribution in [0, 0.1) is 0 Å². The van der Waals surface area contributed by atoms with E-state index < -0.39 is 0 Å². The Balaban J connectivity index is 3.04. The second-order valence-corrected chi connectivity index (χ2v) is 2.24. The Kier molecular flexibility index (Phi) is 1.12. The van der Waals surface area contributed by atoms with Gasteiger partial charge in [0.1, 0.15) is 0 Å². The first-order valence-electron chi connectivity index (χ1n) is 1.54. The van der Waals surface area contributed by atoms with E-state index in [0.29, 0.717) is 4.47 Å². The van der Waals surface area contributed by atoms with Gasteiger partial charge in [-0.15, -0.1) is 0 Å². The van der Waals surface area contributed by atoms with Gasteiger partial charge in [0.2, 0.25) is 10.4 Å². The van der Waals surface area contributed by atoms with Crippen LogP contribution in [0.15, 0.2) is 0 Å². The summed E-state index contributed by atoms with van der Waals surface area (Å²) in [6.45, 7) is 0. The standard InChI is InChI=1S/C2H2ClN3S/c3-1-5-2(4)6-7-1/h(H2,4,6). The van der Waals surface area contributed by atoms with E-state index in [0.717, 1.165) is 11.5 Å². The van der Waals surface area contributed by atoms with Gasteiger partial charge in [0.05, 0.1) is 0 Å². The minimum absolute atomic E-state index is 0.245. The zero-order valence-electron chi connectivity index (χ0n) is 3.26. The summed E-state index contributed by atoms with van der Waals surface area (Å²) in [5, 5.41) is 0. The highest BCUT2D eigenvalue weighted by atomic mass is 35.5. The molecule has 7 heavy (non-hydrogen) atoms. The van der Waals surface area contributed by atoms with Crippen LogP contribution in [0.25, 0.3) is 0 Å². The van der Waals surface area contributed by atoms with Crippen molar-refractivity contribution in [2.45, 2.75) is 0 Å². The molecule has 0 unspecified atom stereocenters. The molecule has 3 nitrogen and oxygen atoms in total. The van der Waals surface area contributed by atoms with Gasteiger partial charge in [0.25, 0.3) is 0 Å². The summed E-state index contributed by atoms with van der Waals surface area (Å²) < 4.78 is 3.98. The molecule has 0 aliphatic carbocycles. The fourth-order valence-corrected chi connectivity index (χ4v) is 0.749. The number of hydrogen-bond donors (Lipinski definition) is 1. The monoisotopic (exact) mass is 135 g/mol. The van der Waals surface area contributed by atoms with Gasteiger partial charge in [0, 0.05) is 11.5 Å². The van der Waals surface area contributed by atoms with Crippen molar-refractivity contribution < 1.29 is 0 Å². The summed E-state index contributed by atoms with van der Waals surface area (Å²) in [4.78, 5) is 3.56. The fourth-order valence-electron chi connectivity index (χ4n) is 0.215. The van der Waals surface area contributed by atoms with Crippen LogP contribution < -0.4 is 5.73 Å². The van der Waals surface area contributed by atoms with Crippen molar-refractivity contribution in [1.82, 2.24) is 9.36 Å². The normalized spacial score (nSPS) is 9.29. The van der Waals surface area contributed by atoms with Gasteiger partial charge < -0.3 is 5.73 Å². The molecule has 0 saturated heterocycles. The van der Waals surface area contributed by atoms with E-state index in [9.17, 15) is 0 Å². The lowest BCUT2D eigenvalue weighted by atomic mass is 11.1. The third-order valence-corrected chi connectivity index (χ3v) is 1.23. The van der Waals surface area contributed by atoms with Gasteiger partial charge in [-0.1, -0.05) is 0 Å². The molecule has 0 fully saturated rings. The quantitative estimate of drug-likeness (QED) is 0.572. The van der Waals surface area contributed by atoms with Crippen molar-refractivity contribution in [2.75, 3.05) is 5.73 Å². The van der Waals surface area contributed by atoms with Gasteiger partial charge in [-0.05, 0) is 11.6 Å². The lowest BCUT2D eigenvalue weighted by Crippen LogP contribution is -1.83. The Morgan fingerprint density at radius 2 is 2.43 bits per heavy atom. The summed E-state index contributed by atoms with van der Waals surface area (Å²) in [5.74, 6) is 0.245. The summed E-state index contributed by atoms with van der Waals surface area (Å²) in [6.07, 6.45) is 0. The SMILES string of the molecule is Nc1nsc(Cl)n1. The summed E-state index contributed by atoms with van der Waals surface area (Å²) in [5.41, 5.74) is 5.08. The first-order chi connectivity index (χ1) is 3.29. The van der Waals surface area contributed by atoms with E-state index in [4.69, 9.17) is 17.3 Å². The molecule has 38 valence electrons. The van der Waals surface area contributed by atoms with E-state index >= 15 is 0 Å². The van der Waals surface area contributed by atoms with Crippen molar-refractivity contribution in [3.05, 3.63) is 4.47 Å². The number of anilines is 1. The molecule has 0 atom stereocenters. The molecule has 1 aromatic heterocycles. The molecule has 1 rings (SSSR count). The summed E-state index contributed by atoms with van der Waals surface area (Å²) in [7, 11) is 0. The molecule has 0 bridgehead atoms. The van der Waals surface area contributed by atoms with Crippen LogP contribution in [-0.2, 0) is 0 Å². The highest BCUT2D eigenvalue weighted by Crippen LogP contribution is 2.10. The van der Waals surface area contributed by atoms with E-state index in [2.05, 4.69) is 9.36 Å². The lowest BCUT2D eigenvalue weighted by molar-refractivity contribution is 1.34. The highest BCUT2D eigenvalue weighted by molar-refractivity contribution is 7.10. The van der Waals surface area contributed by atoms with Crippen molar-refractivity contribution in [2.24, 2.45) is 0 Å². The molecule has 0 aliphatic heterocycles. The zero-order valence-corrected chi connectivity index (χ0v) is 4.83. The molecule has 0 amide bonds. The lowest BCUT2D eigenvalue weighted by Gasteiger charge is -1.67. The maximum Gasteiger partial charge on any atom is 0.233 e. The van der Waals surface area contributed by atoms with Crippen LogP contribution in [0.4, 0.5) is 5.95 Å². The molecule has 5 heteroatoms. The Bertz CT molecular complexity index is 145. The average molecular weight is 136 g/mol. The van der Waals surface area contributed by atoms with Crippen LogP contribution in [0.2, 0.25) is 4.47 Å². The van der Waals surface area contributed by atoms with Gasteiger partial charge in [0.15, 0.2) is 0 Å². The van der Waals surface area contributed by atoms with Crippen molar-refractivity contribution in [3.63, 3.8) is 0 Å². The number of hydrogen-bond acceptors (Lipinski definition) is 4. The molecule has 0 radical (unpaired) electrons. The largest absolute Gasteiger partial charge is 0.367 e. The third kappa shape index (κ3) is 1.01.